The van der Waals surface area contributed by atoms with Crippen molar-refractivity contribution < 1.29 is 14.6 Å². The number of pyridine rings is 1. The van der Waals surface area contributed by atoms with Gasteiger partial charge in [0, 0.05) is 19.3 Å². The quantitative estimate of drug-likeness (QED) is 0.778. The van der Waals surface area contributed by atoms with Crippen molar-refractivity contribution >= 4 is 17.3 Å². The molecule has 3 heterocycles. The minimum absolute atomic E-state index is 0.221. The van der Waals surface area contributed by atoms with Gasteiger partial charge in [-0.2, -0.15) is 0 Å². The van der Waals surface area contributed by atoms with Gasteiger partial charge in [-0.15, -0.1) is 0 Å². The minimum atomic E-state index is -0.965. The average molecular weight is 354 g/mol. The third-order valence-electron chi connectivity index (χ3n) is 4.76. The van der Waals surface area contributed by atoms with Gasteiger partial charge >= 0.3 is 11.8 Å². The molecular weight excluding hydrogens is 336 g/mol. The second-order valence-corrected chi connectivity index (χ2v) is 6.20. The molecule has 1 aliphatic rings. The number of benzene rings is 1. The van der Waals surface area contributed by atoms with E-state index in [0.29, 0.717) is 35.6 Å². The Hall–Kier alpha value is -3.29. The topological polar surface area (TPSA) is 89.6 Å². The molecule has 1 saturated heterocycles. The summed E-state index contributed by atoms with van der Waals surface area (Å²) in [6, 6.07) is 10.6. The van der Waals surface area contributed by atoms with E-state index >= 15 is 0 Å². The number of nitrogens with zero attached hydrogens (tertiary/aromatic N) is 4. The molecule has 1 fully saturated rings. The van der Waals surface area contributed by atoms with Crippen LogP contribution in [0.15, 0.2) is 47.4 Å². The minimum Gasteiger partial charge on any atom is -0.497 e. The van der Waals surface area contributed by atoms with E-state index in [-0.39, 0.29) is 18.3 Å². The second kappa shape index (κ2) is 6.21. The van der Waals surface area contributed by atoms with Crippen LogP contribution in [0.3, 0.4) is 0 Å². The van der Waals surface area contributed by atoms with E-state index in [1.165, 1.54) is 4.90 Å². The van der Waals surface area contributed by atoms with Gasteiger partial charge in [-0.3, -0.25) is 9.13 Å². The summed E-state index contributed by atoms with van der Waals surface area (Å²) < 4.78 is 8.39. The Balaban J connectivity index is 1.86. The van der Waals surface area contributed by atoms with Gasteiger partial charge < -0.3 is 14.7 Å². The fourth-order valence-electron chi connectivity index (χ4n) is 3.49. The molecule has 1 atom stereocenters. The maximum Gasteiger partial charge on any atom is 0.407 e. The van der Waals surface area contributed by atoms with Crippen LogP contribution in [0.2, 0.25) is 0 Å². The summed E-state index contributed by atoms with van der Waals surface area (Å²) in [7, 11) is 1.59. The summed E-state index contributed by atoms with van der Waals surface area (Å²) in [5.74, 6) is 0.705. The number of carbonyl (C=O) groups is 1. The highest BCUT2D eigenvalue weighted by molar-refractivity contribution is 5.74. The smallest absolute Gasteiger partial charge is 0.407 e. The van der Waals surface area contributed by atoms with Gasteiger partial charge in [0.25, 0.3) is 0 Å². The summed E-state index contributed by atoms with van der Waals surface area (Å²) in [4.78, 5) is 30.1. The third-order valence-corrected chi connectivity index (χ3v) is 4.76. The van der Waals surface area contributed by atoms with Crippen molar-refractivity contribution in [3.05, 3.63) is 53.1 Å². The van der Waals surface area contributed by atoms with E-state index in [4.69, 9.17) is 4.74 Å². The molecule has 134 valence electrons. The molecular formula is C18H18N4O4. The van der Waals surface area contributed by atoms with Gasteiger partial charge in [0.05, 0.1) is 24.4 Å². The molecule has 0 aliphatic carbocycles. The summed E-state index contributed by atoms with van der Waals surface area (Å²) in [5, 5.41) is 9.20. The fourth-order valence-corrected chi connectivity index (χ4v) is 3.49. The van der Waals surface area contributed by atoms with Crippen LogP contribution >= 0.6 is 0 Å². The predicted molar refractivity (Wildman–Crippen MR) is 95.1 cm³/mol. The van der Waals surface area contributed by atoms with Crippen LogP contribution in [0.25, 0.3) is 16.9 Å². The van der Waals surface area contributed by atoms with Crippen molar-refractivity contribution in [3.8, 4) is 11.4 Å². The highest BCUT2D eigenvalue weighted by atomic mass is 16.5. The Labute approximate surface area is 148 Å². The maximum atomic E-state index is 13.2. The SMILES string of the molecule is COc1ccc(-n2c(=O)n(C3CCN(C(=O)O)C3)c3ncccc32)cc1. The molecule has 2 aromatic heterocycles. The van der Waals surface area contributed by atoms with Gasteiger partial charge in [0.15, 0.2) is 5.65 Å². The number of carboxylic acid groups (broad SMARTS) is 1. The Bertz CT molecular complexity index is 1020. The van der Waals surface area contributed by atoms with Gasteiger partial charge in [-0.25, -0.2) is 14.6 Å². The third kappa shape index (κ3) is 2.50. The zero-order chi connectivity index (χ0) is 18.3. The van der Waals surface area contributed by atoms with Gasteiger partial charge in [0.1, 0.15) is 5.75 Å². The Morgan fingerprint density at radius 3 is 2.69 bits per heavy atom. The van der Waals surface area contributed by atoms with E-state index in [9.17, 15) is 14.7 Å². The summed E-state index contributed by atoms with van der Waals surface area (Å²) >= 11 is 0. The number of aromatic nitrogens is 3. The van der Waals surface area contributed by atoms with E-state index in [2.05, 4.69) is 4.98 Å². The van der Waals surface area contributed by atoms with Crippen molar-refractivity contribution in [2.75, 3.05) is 20.2 Å². The largest absolute Gasteiger partial charge is 0.497 e. The molecule has 4 rings (SSSR count). The molecule has 0 radical (unpaired) electrons. The van der Waals surface area contributed by atoms with Crippen molar-refractivity contribution in [2.45, 2.75) is 12.5 Å². The second-order valence-electron chi connectivity index (χ2n) is 6.20. The number of ether oxygens (including phenoxy) is 1. The van der Waals surface area contributed by atoms with Crippen LogP contribution in [0.1, 0.15) is 12.5 Å². The standard InChI is InChI=1S/C18H18N4O4/c1-26-14-6-4-12(5-7-14)21-15-3-2-9-19-16(15)22(17(21)23)13-8-10-20(11-13)18(24)25/h2-7,9,13H,8,10-11H2,1H3,(H,24,25). The molecule has 0 bridgehead atoms. The number of hydrogen-bond acceptors (Lipinski definition) is 4. The number of rotatable bonds is 3. The molecule has 1 amide bonds. The number of likely N-dealkylation sites (tertiary alicyclic amines) is 1. The van der Waals surface area contributed by atoms with Gasteiger partial charge in [0.2, 0.25) is 0 Å². The lowest BCUT2D eigenvalue weighted by atomic mass is 10.2. The van der Waals surface area contributed by atoms with Crippen molar-refractivity contribution in [2.24, 2.45) is 0 Å². The van der Waals surface area contributed by atoms with E-state index in [1.807, 2.05) is 18.2 Å². The molecule has 0 saturated carbocycles. The monoisotopic (exact) mass is 354 g/mol. The summed E-state index contributed by atoms with van der Waals surface area (Å²) in [6.07, 6.45) is 1.26. The van der Waals surface area contributed by atoms with Crippen LogP contribution in [-0.2, 0) is 0 Å². The lowest BCUT2D eigenvalue weighted by molar-refractivity contribution is 0.154. The molecule has 8 nitrogen and oxygen atoms in total. The van der Waals surface area contributed by atoms with Crippen molar-refractivity contribution in [1.82, 2.24) is 19.0 Å². The summed E-state index contributed by atoms with van der Waals surface area (Å²) in [6.45, 7) is 0.696. The summed E-state index contributed by atoms with van der Waals surface area (Å²) in [5.41, 5.74) is 1.74. The van der Waals surface area contributed by atoms with Crippen LogP contribution in [-0.4, -0.2) is 50.4 Å². The number of imidazole rings is 1. The molecule has 26 heavy (non-hydrogen) atoms. The molecule has 1 aliphatic heterocycles. The zero-order valence-corrected chi connectivity index (χ0v) is 14.2. The number of fused-ring (bicyclic) bond motifs is 1. The van der Waals surface area contributed by atoms with Crippen LogP contribution in [0.4, 0.5) is 4.79 Å². The molecule has 1 N–H and O–H groups in total. The van der Waals surface area contributed by atoms with E-state index in [1.54, 1.807) is 40.6 Å². The maximum absolute atomic E-state index is 13.2. The Morgan fingerprint density at radius 1 is 1.27 bits per heavy atom. The first-order valence-electron chi connectivity index (χ1n) is 8.30. The Kier molecular flexibility index (Phi) is 3.87. The predicted octanol–water partition coefficient (Wildman–Crippen LogP) is 2.12. The average Bonchev–Trinajstić information content (AvgIpc) is 3.24. The number of hydrogen-bond donors (Lipinski definition) is 1. The molecule has 1 aromatic carbocycles. The van der Waals surface area contributed by atoms with E-state index < -0.39 is 6.09 Å². The number of amides is 1. The zero-order valence-electron chi connectivity index (χ0n) is 14.2. The number of methoxy groups -OCH3 is 1. The van der Waals surface area contributed by atoms with Crippen LogP contribution in [0, 0.1) is 0 Å². The molecule has 1 unspecified atom stereocenters. The van der Waals surface area contributed by atoms with Crippen molar-refractivity contribution in [1.29, 1.82) is 0 Å². The van der Waals surface area contributed by atoms with Crippen LogP contribution in [0.5, 0.6) is 5.75 Å². The Morgan fingerprint density at radius 2 is 2.04 bits per heavy atom. The first kappa shape index (κ1) is 16.2. The fraction of sp³-hybridized carbons (Fsp3) is 0.278. The first-order valence-corrected chi connectivity index (χ1v) is 8.30. The normalized spacial score (nSPS) is 17.0. The highest BCUT2D eigenvalue weighted by Gasteiger charge is 2.31. The van der Waals surface area contributed by atoms with Crippen molar-refractivity contribution in [3.63, 3.8) is 0 Å². The lowest BCUT2D eigenvalue weighted by Crippen LogP contribution is -2.31. The van der Waals surface area contributed by atoms with Crippen LogP contribution < -0.4 is 10.4 Å². The molecule has 3 aromatic rings. The molecule has 8 heteroatoms. The van der Waals surface area contributed by atoms with E-state index in [0.717, 1.165) is 0 Å². The lowest BCUT2D eigenvalue weighted by Gasteiger charge is -2.13. The highest BCUT2D eigenvalue weighted by Crippen LogP contribution is 2.26. The first-order chi connectivity index (χ1) is 12.6. The molecule has 0 spiro atoms. The van der Waals surface area contributed by atoms with Gasteiger partial charge in [-0.1, -0.05) is 0 Å². The van der Waals surface area contributed by atoms with Gasteiger partial charge in [-0.05, 0) is 42.8 Å².